The quantitative estimate of drug-likeness (QED) is 0.334. The van der Waals surface area contributed by atoms with E-state index in [1.165, 1.54) is 0 Å². The van der Waals surface area contributed by atoms with Crippen LogP contribution in [0.3, 0.4) is 0 Å². The van der Waals surface area contributed by atoms with Crippen molar-refractivity contribution in [2.75, 3.05) is 6.61 Å². The Morgan fingerprint density at radius 3 is 2.38 bits per heavy atom. The van der Waals surface area contributed by atoms with Gasteiger partial charge in [-0.15, -0.1) is 0 Å². The number of nitrogens with one attached hydrogen (secondary N) is 1. The predicted molar refractivity (Wildman–Crippen MR) is 149 cm³/mol. The molecule has 4 bridgehead atoms. The number of Topliss-reactive ketones (excluding diaryl/α,β-unsaturated/α-hetero) is 2. The number of esters is 1. The number of amides is 1. The van der Waals surface area contributed by atoms with Gasteiger partial charge in [0.25, 0.3) is 0 Å². The molecular formula is C32H45NO9. The first-order valence-corrected chi connectivity index (χ1v) is 15.5. The first-order chi connectivity index (χ1) is 19.5. The van der Waals surface area contributed by atoms with Crippen LogP contribution in [0.1, 0.15) is 86.0 Å². The van der Waals surface area contributed by atoms with Crippen molar-refractivity contribution in [3.63, 3.8) is 0 Å². The molecule has 3 N–H and O–H groups in total. The van der Waals surface area contributed by atoms with E-state index in [0.717, 1.165) is 0 Å². The molecule has 7 fully saturated rings. The number of hydrogen-bond acceptors (Lipinski definition) is 9. The lowest BCUT2D eigenvalue weighted by Crippen LogP contribution is -2.85. The fourth-order valence-electron chi connectivity index (χ4n) is 9.93. The molecule has 7 rings (SSSR count). The van der Waals surface area contributed by atoms with E-state index in [2.05, 4.69) is 11.9 Å². The van der Waals surface area contributed by atoms with E-state index in [9.17, 15) is 29.4 Å². The van der Waals surface area contributed by atoms with E-state index >= 15 is 0 Å². The minimum Gasteiger partial charge on any atom is -0.460 e. The fourth-order valence-corrected chi connectivity index (χ4v) is 9.93. The van der Waals surface area contributed by atoms with E-state index in [1.807, 2.05) is 13.8 Å². The normalized spacial score (nSPS) is 45.6. The van der Waals surface area contributed by atoms with Gasteiger partial charge in [0.05, 0.1) is 17.9 Å². The van der Waals surface area contributed by atoms with Crippen LogP contribution in [0.2, 0.25) is 0 Å². The van der Waals surface area contributed by atoms with Gasteiger partial charge in [-0.1, -0.05) is 20.4 Å². The first kappa shape index (κ1) is 29.8. The summed E-state index contributed by atoms with van der Waals surface area (Å²) in [6.07, 6.45) is 0.826. The molecule has 7 aliphatic rings. The largest absolute Gasteiger partial charge is 0.460 e. The highest BCUT2D eigenvalue weighted by molar-refractivity contribution is 6.06. The van der Waals surface area contributed by atoms with Crippen molar-refractivity contribution in [2.45, 2.75) is 116 Å². The highest BCUT2D eigenvalue weighted by Crippen LogP contribution is 2.76. The second-order valence-corrected chi connectivity index (χ2v) is 15.4. The van der Waals surface area contributed by atoms with Gasteiger partial charge in [-0.05, 0) is 82.6 Å². The summed E-state index contributed by atoms with van der Waals surface area (Å²) >= 11 is 0. The number of ketones is 2. The maximum absolute atomic E-state index is 14.2. The third kappa shape index (κ3) is 3.79. The number of carbonyl (C=O) groups excluding carboxylic acids is 4. The lowest BCUT2D eigenvalue weighted by Gasteiger charge is -2.73. The zero-order valence-corrected chi connectivity index (χ0v) is 25.4. The van der Waals surface area contributed by atoms with Crippen molar-refractivity contribution >= 4 is 23.6 Å². The summed E-state index contributed by atoms with van der Waals surface area (Å²) in [7, 11) is 0. The monoisotopic (exact) mass is 587 g/mol. The molecule has 0 aromatic heterocycles. The second kappa shape index (κ2) is 9.35. The molecule has 2 saturated heterocycles. The number of aliphatic hydroxyl groups excluding tert-OH is 1. The molecule has 1 amide bonds. The highest BCUT2D eigenvalue weighted by atomic mass is 16.6. The number of carbonyl (C=O) groups is 4. The first-order valence-electron chi connectivity index (χ1n) is 15.5. The molecule has 2 aliphatic heterocycles. The minimum absolute atomic E-state index is 0.0540. The fraction of sp³-hybridized carbons (Fsp3) is 0.812. The van der Waals surface area contributed by atoms with Crippen LogP contribution >= 0.6 is 0 Å². The van der Waals surface area contributed by atoms with E-state index < -0.39 is 81.4 Å². The lowest BCUT2D eigenvalue weighted by atomic mass is 9.36. The van der Waals surface area contributed by atoms with Crippen LogP contribution in [0.4, 0.5) is 4.79 Å². The standard InChI is InChI=1S/C32H45NO9/c1-16-19-11-12-20-30-15-40-32(39,24(36)22(30)29(5,6)14-13-21(30)34)31(20,23(16)35)25(19)41-26(37)17-7-9-18(10-8-17)33-27(38)42-28(2,3)4/h17-20,22,24-25,36,39H,1,7-15H2,2-6H3,(H,33,38)/t17?,18?,19-,20-,22+,24-,25+,30+,31-,32?/m0/s1. The molecule has 232 valence electrons. The molecule has 0 aromatic rings. The molecule has 8 atom stereocenters. The molecule has 2 spiro atoms. The Bertz CT molecular complexity index is 1230. The summed E-state index contributed by atoms with van der Waals surface area (Å²) in [5.41, 5.74) is -3.78. The number of fused-ring (bicyclic) bond motifs is 2. The van der Waals surface area contributed by atoms with Gasteiger partial charge in [0.15, 0.2) is 5.78 Å². The molecule has 10 nitrogen and oxygen atoms in total. The Kier molecular flexibility index (Phi) is 6.62. The zero-order valence-electron chi connectivity index (χ0n) is 25.4. The molecule has 0 aromatic carbocycles. The van der Waals surface area contributed by atoms with Crippen LogP contribution in [-0.2, 0) is 28.6 Å². The van der Waals surface area contributed by atoms with Crippen LogP contribution in [0.5, 0.6) is 0 Å². The highest BCUT2D eigenvalue weighted by Gasteiger charge is 2.88. The van der Waals surface area contributed by atoms with Crippen molar-refractivity contribution in [3.05, 3.63) is 12.2 Å². The van der Waals surface area contributed by atoms with E-state index in [0.29, 0.717) is 51.4 Å². The smallest absolute Gasteiger partial charge is 0.407 e. The van der Waals surface area contributed by atoms with Crippen molar-refractivity contribution in [2.24, 2.45) is 39.9 Å². The van der Waals surface area contributed by atoms with Crippen LogP contribution in [0.25, 0.3) is 0 Å². The van der Waals surface area contributed by atoms with Gasteiger partial charge in [0.1, 0.15) is 29.0 Å². The summed E-state index contributed by atoms with van der Waals surface area (Å²) in [6.45, 7) is 13.4. The van der Waals surface area contributed by atoms with Gasteiger partial charge in [0.2, 0.25) is 5.79 Å². The Morgan fingerprint density at radius 2 is 1.74 bits per heavy atom. The van der Waals surface area contributed by atoms with Gasteiger partial charge in [0, 0.05) is 24.3 Å². The third-order valence-electron chi connectivity index (χ3n) is 11.6. The maximum atomic E-state index is 14.2. The van der Waals surface area contributed by atoms with Gasteiger partial charge in [-0.25, -0.2) is 4.79 Å². The number of alkyl carbamates (subject to hydrolysis) is 1. The summed E-state index contributed by atoms with van der Waals surface area (Å²) in [5.74, 6) is -5.52. The maximum Gasteiger partial charge on any atom is 0.407 e. The molecule has 0 radical (unpaired) electrons. The Hall–Kier alpha value is -2.30. The molecule has 42 heavy (non-hydrogen) atoms. The molecule has 5 saturated carbocycles. The summed E-state index contributed by atoms with van der Waals surface area (Å²) < 4.78 is 17.6. The second-order valence-electron chi connectivity index (χ2n) is 15.4. The van der Waals surface area contributed by atoms with E-state index in [-0.39, 0.29) is 24.0 Å². The van der Waals surface area contributed by atoms with Crippen molar-refractivity contribution in [3.8, 4) is 0 Å². The van der Waals surface area contributed by atoms with Gasteiger partial charge in [-0.3, -0.25) is 14.4 Å². The minimum atomic E-state index is -2.31. The number of aliphatic hydroxyl groups is 2. The third-order valence-corrected chi connectivity index (χ3v) is 11.6. The zero-order chi connectivity index (χ0) is 30.6. The number of ether oxygens (including phenoxy) is 3. The van der Waals surface area contributed by atoms with Crippen LogP contribution in [0, 0.1) is 39.9 Å². The molecule has 2 heterocycles. The summed E-state index contributed by atoms with van der Waals surface area (Å²) in [4.78, 5) is 54.0. The average molecular weight is 588 g/mol. The van der Waals surface area contributed by atoms with Crippen molar-refractivity contribution in [1.29, 1.82) is 0 Å². The topological polar surface area (TPSA) is 148 Å². The molecular weight excluding hydrogens is 542 g/mol. The van der Waals surface area contributed by atoms with Gasteiger partial charge < -0.3 is 29.7 Å². The van der Waals surface area contributed by atoms with Gasteiger partial charge >= 0.3 is 12.1 Å². The van der Waals surface area contributed by atoms with Crippen LogP contribution in [0.15, 0.2) is 12.2 Å². The SMILES string of the molecule is C=C1C(=O)[C@]23[C@H](OC(=O)C4CCC(NC(=O)OC(C)(C)C)CC4)[C@H]1CC[C@H]2[C@@]12COC3(O)[C@@H](O)[C@@H]1C(C)(C)CCC2=O. The van der Waals surface area contributed by atoms with Gasteiger partial charge in [-0.2, -0.15) is 0 Å². The summed E-state index contributed by atoms with van der Waals surface area (Å²) in [6, 6.07) is -0.130. The molecule has 10 heteroatoms. The number of hydrogen-bond donors (Lipinski definition) is 3. The Balaban J connectivity index is 1.27. The van der Waals surface area contributed by atoms with Crippen LogP contribution < -0.4 is 5.32 Å². The Labute approximate surface area is 246 Å². The molecule has 5 aliphatic carbocycles. The van der Waals surface area contributed by atoms with Crippen LogP contribution in [-0.4, -0.2) is 70.1 Å². The molecule has 1 unspecified atom stereocenters. The van der Waals surface area contributed by atoms with E-state index in [4.69, 9.17) is 14.2 Å². The Morgan fingerprint density at radius 1 is 1.07 bits per heavy atom. The van der Waals surface area contributed by atoms with E-state index in [1.54, 1.807) is 20.8 Å². The lowest BCUT2D eigenvalue weighted by molar-refractivity contribution is -0.437. The number of rotatable bonds is 3. The van der Waals surface area contributed by atoms with Crippen molar-refractivity contribution < 1.29 is 43.6 Å². The van der Waals surface area contributed by atoms with Crippen molar-refractivity contribution in [1.82, 2.24) is 5.32 Å². The predicted octanol–water partition coefficient (Wildman–Crippen LogP) is 3.22. The summed E-state index contributed by atoms with van der Waals surface area (Å²) in [5, 5.41) is 27.0. The average Bonchev–Trinajstić information content (AvgIpc) is 3.01.